The summed E-state index contributed by atoms with van der Waals surface area (Å²) in [4.78, 5) is 16.3. The molecule has 148 valence electrons. The highest BCUT2D eigenvalue weighted by atomic mass is 35.5. The van der Waals surface area contributed by atoms with Crippen molar-refractivity contribution in [2.45, 2.75) is 10.9 Å². The van der Waals surface area contributed by atoms with Gasteiger partial charge in [-0.25, -0.2) is 23.4 Å². The Kier molecular flexibility index (Phi) is 6.50. The number of guanidine groups is 1. The molecule has 2 heterocycles. The monoisotopic (exact) mass is 442 g/mol. The smallest absolute Gasteiger partial charge is 0.267 e. The molecule has 2 aliphatic heterocycles. The van der Waals surface area contributed by atoms with Crippen molar-refractivity contribution in [3.05, 3.63) is 24.3 Å². The zero-order chi connectivity index (χ0) is 20.1. The van der Waals surface area contributed by atoms with Gasteiger partial charge in [0, 0.05) is 24.8 Å². The van der Waals surface area contributed by atoms with Gasteiger partial charge in [-0.3, -0.25) is 0 Å². The highest BCUT2D eigenvalue weighted by Gasteiger charge is 2.28. The Morgan fingerprint density at radius 3 is 2.39 bits per heavy atom. The molecule has 0 saturated heterocycles. The van der Waals surface area contributed by atoms with Crippen LogP contribution in [0.1, 0.15) is 0 Å². The summed E-state index contributed by atoms with van der Waals surface area (Å²) in [5.41, 5.74) is 6.17. The molecule has 1 unspecified atom stereocenters. The van der Waals surface area contributed by atoms with Gasteiger partial charge in [0.2, 0.25) is 10.0 Å². The van der Waals surface area contributed by atoms with Gasteiger partial charge in [-0.05, 0) is 24.3 Å². The molecule has 1 aromatic carbocycles. The molecule has 28 heavy (non-hydrogen) atoms. The molecule has 2 N–H and O–H groups in total. The first-order chi connectivity index (χ1) is 13.5. The molecule has 0 aromatic heterocycles. The number of azo groups is 1. The fraction of sp³-hybridized carbons (Fsp3) is 0.333. The molecule has 13 heteroatoms. The highest BCUT2D eigenvalue weighted by Crippen LogP contribution is 2.21. The van der Waals surface area contributed by atoms with Gasteiger partial charge in [0.1, 0.15) is 12.2 Å². The van der Waals surface area contributed by atoms with Gasteiger partial charge < -0.3 is 5.73 Å². The predicted octanol–water partition coefficient (Wildman–Crippen LogP) is 1.77. The van der Waals surface area contributed by atoms with Crippen LogP contribution in [0, 0.1) is 0 Å². The van der Waals surface area contributed by atoms with Crippen LogP contribution < -0.4 is 5.73 Å². The second-order valence-electron chi connectivity index (χ2n) is 5.58. The van der Waals surface area contributed by atoms with Crippen molar-refractivity contribution < 1.29 is 8.42 Å². The largest absolute Gasteiger partial charge is 0.385 e. The molecule has 0 radical (unpaired) electrons. The zero-order valence-corrected chi connectivity index (χ0v) is 16.8. The number of rotatable bonds is 7. The van der Waals surface area contributed by atoms with E-state index in [2.05, 4.69) is 30.2 Å². The van der Waals surface area contributed by atoms with Crippen LogP contribution in [-0.4, -0.2) is 67.6 Å². The lowest BCUT2D eigenvalue weighted by atomic mass is 10.2. The molecule has 0 bridgehead atoms. The van der Waals surface area contributed by atoms with Crippen LogP contribution in [0.15, 0.2) is 59.4 Å². The predicted molar refractivity (Wildman–Crippen MR) is 110 cm³/mol. The van der Waals surface area contributed by atoms with E-state index in [1.54, 1.807) is 0 Å². The van der Waals surface area contributed by atoms with Crippen LogP contribution >= 0.6 is 23.2 Å². The summed E-state index contributed by atoms with van der Waals surface area (Å²) in [5.74, 6) is 1.15. The first kappa shape index (κ1) is 20.5. The first-order valence-electron chi connectivity index (χ1n) is 8.11. The fourth-order valence-corrected chi connectivity index (χ4v) is 4.46. The van der Waals surface area contributed by atoms with E-state index in [4.69, 9.17) is 28.9 Å². The van der Waals surface area contributed by atoms with E-state index in [-0.39, 0.29) is 41.5 Å². The number of fused-ring (bicyclic) bond motifs is 1. The summed E-state index contributed by atoms with van der Waals surface area (Å²) >= 11 is 11.4. The summed E-state index contributed by atoms with van der Waals surface area (Å²) in [6.07, 6.45) is 1.30. The van der Waals surface area contributed by atoms with E-state index in [0.29, 0.717) is 11.5 Å². The quantitative estimate of drug-likeness (QED) is 0.508. The van der Waals surface area contributed by atoms with Crippen molar-refractivity contribution in [2.75, 3.05) is 24.8 Å². The maximum atomic E-state index is 12.6. The SMILES string of the molecule is NC1=NC=NC2=NC(N=Nc3ccc(S(=O)(=O)N(CCCl)CCCl)cc3)=NC12. The third-order valence-electron chi connectivity index (χ3n) is 3.78. The number of benzene rings is 1. The number of aliphatic imine (C=N–C) groups is 4. The fourth-order valence-electron chi connectivity index (χ4n) is 2.41. The van der Waals surface area contributed by atoms with Crippen LogP contribution in [0.2, 0.25) is 0 Å². The number of hydrogen-bond donors (Lipinski definition) is 1. The Labute approximate surface area is 171 Å². The minimum absolute atomic E-state index is 0.115. The van der Waals surface area contributed by atoms with Gasteiger partial charge in [0.15, 0.2) is 11.9 Å². The molecule has 0 aliphatic carbocycles. The maximum Gasteiger partial charge on any atom is 0.267 e. The molecule has 0 amide bonds. The van der Waals surface area contributed by atoms with Crippen LogP contribution in [0.5, 0.6) is 0 Å². The molecule has 0 saturated carbocycles. The lowest BCUT2D eigenvalue weighted by Gasteiger charge is -2.20. The topological polar surface area (TPSA) is 138 Å². The maximum absolute atomic E-state index is 12.6. The second-order valence-corrected chi connectivity index (χ2v) is 8.27. The minimum atomic E-state index is -3.69. The summed E-state index contributed by atoms with van der Waals surface area (Å²) < 4.78 is 26.5. The van der Waals surface area contributed by atoms with Crippen molar-refractivity contribution in [1.29, 1.82) is 0 Å². The Morgan fingerprint density at radius 2 is 1.79 bits per heavy atom. The Hall–Kier alpha value is -2.21. The lowest BCUT2D eigenvalue weighted by molar-refractivity contribution is 0.448. The summed E-state index contributed by atoms with van der Waals surface area (Å²) in [7, 11) is -3.69. The third-order valence-corrected chi connectivity index (χ3v) is 6.03. The molecule has 1 atom stereocenters. The molecular weight excluding hydrogens is 427 g/mol. The van der Waals surface area contributed by atoms with Crippen LogP contribution in [-0.2, 0) is 10.0 Å². The van der Waals surface area contributed by atoms with Crippen molar-refractivity contribution in [3.63, 3.8) is 0 Å². The number of hydrogen-bond acceptors (Lipinski definition) is 9. The van der Waals surface area contributed by atoms with Gasteiger partial charge in [-0.15, -0.1) is 33.4 Å². The average Bonchev–Trinajstić information content (AvgIpc) is 3.11. The molecular formula is C15H16Cl2N8O2S. The van der Waals surface area contributed by atoms with Gasteiger partial charge in [-0.1, -0.05) is 0 Å². The number of halogens is 2. The molecule has 0 spiro atoms. The van der Waals surface area contributed by atoms with Gasteiger partial charge in [0.25, 0.3) is 5.96 Å². The van der Waals surface area contributed by atoms with Gasteiger partial charge in [-0.2, -0.15) is 9.30 Å². The Balaban J connectivity index is 1.74. The summed E-state index contributed by atoms with van der Waals surface area (Å²) in [5, 5.41) is 7.96. The Morgan fingerprint density at radius 1 is 1.11 bits per heavy atom. The zero-order valence-electron chi connectivity index (χ0n) is 14.5. The minimum Gasteiger partial charge on any atom is -0.385 e. The lowest BCUT2D eigenvalue weighted by Crippen LogP contribution is -2.34. The van der Waals surface area contributed by atoms with E-state index in [1.807, 2.05) is 0 Å². The van der Waals surface area contributed by atoms with Gasteiger partial charge >= 0.3 is 0 Å². The van der Waals surface area contributed by atoms with Crippen molar-refractivity contribution in [2.24, 2.45) is 35.9 Å². The molecule has 3 rings (SSSR count). The van der Waals surface area contributed by atoms with E-state index < -0.39 is 16.1 Å². The molecule has 2 aliphatic rings. The number of alkyl halides is 2. The van der Waals surface area contributed by atoms with Gasteiger partial charge in [0.05, 0.1) is 10.6 Å². The summed E-state index contributed by atoms with van der Waals surface area (Å²) in [6.45, 7) is 0.350. The molecule has 10 nitrogen and oxygen atoms in total. The van der Waals surface area contributed by atoms with Crippen LogP contribution in [0.4, 0.5) is 5.69 Å². The van der Waals surface area contributed by atoms with E-state index >= 15 is 0 Å². The van der Waals surface area contributed by atoms with Crippen molar-refractivity contribution in [3.8, 4) is 0 Å². The highest BCUT2D eigenvalue weighted by molar-refractivity contribution is 7.89. The molecule has 0 fully saturated rings. The van der Waals surface area contributed by atoms with E-state index in [1.165, 1.54) is 34.9 Å². The summed E-state index contributed by atoms with van der Waals surface area (Å²) in [6, 6.07) is 5.40. The Bertz CT molecular complexity index is 980. The van der Waals surface area contributed by atoms with Crippen LogP contribution in [0.3, 0.4) is 0 Å². The normalized spacial score (nSPS) is 19.0. The number of amidine groups is 2. The number of sulfonamides is 1. The third kappa shape index (κ3) is 4.43. The average molecular weight is 443 g/mol. The van der Waals surface area contributed by atoms with Crippen molar-refractivity contribution in [1.82, 2.24) is 4.31 Å². The van der Waals surface area contributed by atoms with Crippen LogP contribution in [0.25, 0.3) is 0 Å². The number of nitrogens with two attached hydrogens (primary N) is 1. The molecule has 1 aromatic rings. The van der Waals surface area contributed by atoms with E-state index in [0.717, 1.165) is 0 Å². The standard InChI is InChI=1S/C15H16Cl2N8O2S/c16-5-7-25(8-6-17)28(26,27)11-3-1-10(2-4-11)23-24-15-21-12-13(18)19-9-20-14(12)22-15/h1-4,9,12H,5-8H2,(H2,18,19,20,21,22). The number of nitrogens with zero attached hydrogens (tertiary/aromatic N) is 7. The van der Waals surface area contributed by atoms with E-state index in [9.17, 15) is 8.42 Å². The second kappa shape index (κ2) is 8.86. The van der Waals surface area contributed by atoms with Crippen molar-refractivity contribution >= 4 is 62.9 Å². The first-order valence-corrected chi connectivity index (χ1v) is 10.6.